The Balaban J connectivity index is 1.54. The van der Waals surface area contributed by atoms with Crippen molar-refractivity contribution in [1.29, 1.82) is 0 Å². The highest BCUT2D eigenvalue weighted by Crippen LogP contribution is 2.17. The highest BCUT2D eigenvalue weighted by Gasteiger charge is 2.09. The first-order chi connectivity index (χ1) is 13.0. The number of hydrogen-bond acceptors (Lipinski definition) is 4. The van der Waals surface area contributed by atoms with Crippen molar-refractivity contribution in [3.05, 3.63) is 82.5 Å². The van der Waals surface area contributed by atoms with Gasteiger partial charge in [-0.05, 0) is 48.4 Å². The van der Waals surface area contributed by atoms with E-state index in [0.29, 0.717) is 29.5 Å². The Morgan fingerprint density at radius 1 is 1.00 bits per heavy atom. The van der Waals surface area contributed by atoms with Crippen molar-refractivity contribution >= 4 is 29.0 Å². The van der Waals surface area contributed by atoms with Gasteiger partial charge in [0.15, 0.2) is 23.1 Å². The summed E-state index contributed by atoms with van der Waals surface area (Å²) in [6.45, 7) is 0.426. The molecule has 0 atom stereocenters. The molecule has 1 heterocycles. The topological polar surface area (TPSA) is 66.9 Å². The summed E-state index contributed by atoms with van der Waals surface area (Å²) < 4.78 is 26.1. The second-order valence-electron chi connectivity index (χ2n) is 5.69. The van der Waals surface area contributed by atoms with Crippen LogP contribution in [0.25, 0.3) is 0 Å². The zero-order valence-electron chi connectivity index (χ0n) is 14.0. The molecule has 0 aliphatic rings. The number of amides is 1. The molecule has 0 bridgehead atoms. The maximum atomic E-state index is 13.2. The van der Waals surface area contributed by atoms with Crippen LogP contribution in [0.3, 0.4) is 0 Å². The van der Waals surface area contributed by atoms with Gasteiger partial charge < -0.3 is 10.6 Å². The van der Waals surface area contributed by atoms with Crippen LogP contribution in [-0.2, 0) is 6.42 Å². The molecule has 0 unspecified atom stereocenters. The van der Waals surface area contributed by atoms with Crippen molar-refractivity contribution in [2.24, 2.45) is 0 Å². The fraction of sp³-hybridized carbons (Fsp3) is 0.105. The standard InChI is InChI=1S/C19H15ClF2N4O/c20-13-3-1-2-12(10-13)8-9-23-19(27)17-6-7-18(26-25-17)24-14-4-5-15(21)16(22)11-14/h1-7,10-11H,8-9H2,(H,23,27)(H,24,26). The van der Waals surface area contributed by atoms with Crippen LogP contribution in [0.1, 0.15) is 16.1 Å². The fourth-order valence-corrected chi connectivity index (χ4v) is 2.56. The Kier molecular flexibility index (Phi) is 5.93. The van der Waals surface area contributed by atoms with Gasteiger partial charge >= 0.3 is 0 Å². The number of hydrogen-bond donors (Lipinski definition) is 2. The number of aromatic nitrogens is 2. The highest BCUT2D eigenvalue weighted by atomic mass is 35.5. The predicted octanol–water partition coefficient (Wildman–Crippen LogP) is 4.12. The second kappa shape index (κ2) is 8.55. The molecule has 3 rings (SSSR count). The smallest absolute Gasteiger partial charge is 0.271 e. The number of nitrogens with one attached hydrogen (secondary N) is 2. The van der Waals surface area contributed by atoms with Crippen LogP contribution >= 0.6 is 11.6 Å². The van der Waals surface area contributed by atoms with Crippen LogP contribution in [0.4, 0.5) is 20.3 Å². The summed E-state index contributed by atoms with van der Waals surface area (Å²) >= 11 is 5.92. The number of halogens is 3. The molecular weight excluding hydrogens is 374 g/mol. The van der Waals surface area contributed by atoms with Crippen LogP contribution in [0, 0.1) is 11.6 Å². The number of rotatable bonds is 6. The van der Waals surface area contributed by atoms with Gasteiger partial charge in [-0.1, -0.05) is 23.7 Å². The van der Waals surface area contributed by atoms with E-state index in [-0.39, 0.29) is 11.6 Å². The van der Waals surface area contributed by atoms with Gasteiger partial charge in [0, 0.05) is 23.3 Å². The van der Waals surface area contributed by atoms with Crippen LogP contribution < -0.4 is 10.6 Å². The molecule has 0 fully saturated rings. The first-order valence-electron chi connectivity index (χ1n) is 8.10. The van der Waals surface area contributed by atoms with Crippen molar-refractivity contribution in [1.82, 2.24) is 15.5 Å². The van der Waals surface area contributed by atoms with Gasteiger partial charge in [-0.25, -0.2) is 8.78 Å². The lowest BCUT2D eigenvalue weighted by molar-refractivity contribution is 0.0948. The van der Waals surface area contributed by atoms with E-state index >= 15 is 0 Å². The molecule has 0 aliphatic carbocycles. The molecule has 0 radical (unpaired) electrons. The zero-order chi connectivity index (χ0) is 19.2. The molecule has 0 aliphatic heterocycles. The maximum absolute atomic E-state index is 13.2. The Morgan fingerprint density at radius 2 is 1.85 bits per heavy atom. The van der Waals surface area contributed by atoms with Crippen molar-refractivity contribution in [3.63, 3.8) is 0 Å². The summed E-state index contributed by atoms with van der Waals surface area (Å²) in [5, 5.41) is 13.9. The molecule has 2 N–H and O–H groups in total. The Bertz CT molecular complexity index is 951. The quantitative estimate of drug-likeness (QED) is 0.666. The summed E-state index contributed by atoms with van der Waals surface area (Å²) in [7, 11) is 0. The number of carbonyl (C=O) groups is 1. The van der Waals surface area contributed by atoms with E-state index in [1.807, 2.05) is 18.2 Å². The monoisotopic (exact) mass is 388 g/mol. The van der Waals surface area contributed by atoms with Crippen molar-refractivity contribution in [3.8, 4) is 0 Å². The first kappa shape index (κ1) is 18.7. The highest BCUT2D eigenvalue weighted by molar-refractivity contribution is 6.30. The molecule has 0 saturated heterocycles. The number of nitrogens with zero attached hydrogens (tertiary/aromatic N) is 2. The predicted molar refractivity (Wildman–Crippen MR) is 99.2 cm³/mol. The molecule has 8 heteroatoms. The van der Waals surface area contributed by atoms with E-state index in [4.69, 9.17) is 11.6 Å². The summed E-state index contributed by atoms with van der Waals surface area (Å²) in [5.41, 5.74) is 1.49. The van der Waals surface area contributed by atoms with E-state index < -0.39 is 11.6 Å². The Hall–Kier alpha value is -3.06. The van der Waals surface area contributed by atoms with Crippen molar-refractivity contribution < 1.29 is 13.6 Å². The number of carbonyl (C=O) groups excluding carboxylic acids is 1. The van der Waals surface area contributed by atoms with Crippen LogP contribution in [0.2, 0.25) is 5.02 Å². The van der Waals surface area contributed by atoms with E-state index in [0.717, 1.165) is 17.7 Å². The van der Waals surface area contributed by atoms with Gasteiger partial charge in [0.1, 0.15) is 0 Å². The van der Waals surface area contributed by atoms with Crippen LogP contribution in [0.5, 0.6) is 0 Å². The molecule has 2 aromatic carbocycles. The normalized spacial score (nSPS) is 10.5. The molecule has 0 spiro atoms. The lowest BCUT2D eigenvalue weighted by Crippen LogP contribution is -2.26. The van der Waals surface area contributed by atoms with Crippen molar-refractivity contribution in [2.45, 2.75) is 6.42 Å². The summed E-state index contributed by atoms with van der Waals surface area (Å²) in [6, 6.07) is 13.8. The minimum atomic E-state index is -0.969. The third-order valence-corrected chi connectivity index (χ3v) is 3.91. The average molecular weight is 389 g/mol. The van der Waals surface area contributed by atoms with Gasteiger partial charge in [0.2, 0.25) is 0 Å². The fourth-order valence-electron chi connectivity index (χ4n) is 2.35. The van der Waals surface area contributed by atoms with Gasteiger partial charge in [-0.3, -0.25) is 4.79 Å². The van der Waals surface area contributed by atoms with E-state index in [1.54, 1.807) is 6.07 Å². The van der Waals surface area contributed by atoms with Crippen LogP contribution in [-0.4, -0.2) is 22.6 Å². The number of benzene rings is 2. The molecular formula is C19H15ClF2N4O. The van der Waals surface area contributed by atoms with E-state index in [9.17, 15) is 13.6 Å². The van der Waals surface area contributed by atoms with Gasteiger partial charge in [0.25, 0.3) is 5.91 Å². The summed E-state index contributed by atoms with van der Waals surface area (Å²) in [5.74, 6) is -1.96. The lowest BCUT2D eigenvalue weighted by Gasteiger charge is -2.07. The molecule has 5 nitrogen and oxygen atoms in total. The van der Waals surface area contributed by atoms with Crippen LogP contribution in [0.15, 0.2) is 54.6 Å². The molecule has 27 heavy (non-hydrogen) atoms. The molecule has 1 aromatic heterocycles. The van der Waals surface area contributed by atoms with E-state index in [2.05, 4.69) is 20.8 Å². The largest absolute Gasteiger partial charge is 0.350 e. The first-order valence-corrected chi connectivity index (χ1v) is 8.47. The number of anilines is 2. The second-order valence-corrected chi connectivity index (χ2v) is 6.13. The molecule has 138 valence electrons. The van der Waals surface area contributed by atoms with Crippen molar-refractivity contribution in [2.75, 3.05) is 11.9 Å². The minimum Gasteiger partial charge on any atom is -0.350 e. The van der Waals surface area contributed by atoms with Gasteiger partial charge in [-0.2, -0.15) is 0 Å². The average Bonchev–Trinajstić information content (AvgIpc) is 2.65. The third kappa shape index (κ3) is 5.21. The summed E-state index contributed by atoms with van der Waals surface area (Å²) in [4.78, 5) is 12.1. The Morgan fingerprint density at radius 3 is 2.56 bits per heavy atom. The van der Waals surface area contributed by atoms with Gasteiger partial charge in [0.05, 0.1) is 0 Å². The summed E-state index contributed by atoms with van der Waals surface area (Å²) in [6.07, 6.45) is 0.634. The van der Waals surface area contributed by atoms with Gasteiger partial charge in [-0.15, -0.1) is 10.2 Å². The lowest BCUT2D eigenvalue weighted by atomic mass is 10.1. The zero-order valence-corrected chi connectivity index (χ0v) is 14.8. The third-order valence-electron chi connectivity index (χ3n) is 3.68. The molecule has 3 aromatic rings. The SMILES string of the molecule is O=C(NCCc1cccc(Cl)c1)c1ccc(Nc2ccc(F)c(F)c2)nn1. The maximum Gasteiger partial charge on any atom is 0.271 e. The van der Waals surface area contributed by atoms with E-state index in [1.165, 1.54) is 18.2 Å². The Labute approximate surface area is 159 Å². The minimum absolute atomic E-state index is 0.150. The molecule has 1 amide bonds. The molecule has 0 saturated carbocycles.